The topological polar surface area (TPSA) is 55.4 Å². The molecule has 0 aromatic rings. The molecule has 3 atom stereocenters. The summed E-state index contributed by atoms with van der Waals surface area (Å²) in [6.07, 6.45) is 4.63. The molecule has 168 valence electrons. The third kappa shape index (κ3) is 11.4. The van der Waals surface area contributed by atoms with Gasteiger partial charge in [0.2, 0.25) is 0 Å². The Balaban J connectivity index is 4.74. The molecule has 0 aromatic carbocycles. The normalized spacial score (nSPS) is 15.9. The molecular formula is C20H38F3NO3S. The van der Waals surface area contributed by atoms with Gasteiger partial charge in [0.25, 0.3) is 0 Å². The van der Waals surface area contributed by atoms with Gasteiger partial charge in [-0.25, -0.2) is 8.93 Å². The summed E-state index contributed by atoms with van der Waals surface area (Å²) in [6.45, 7) is 6.91. The van der Waals surface area contributed by atoms with E-state index in [-0.39, 0.29) is 6.42 Å². The summed E-state index contributed by atoms with van der Waals surface area (Å²) in [5.74, 6) is -2.32. The van der Waals surface area contributed by atoms with Gasteiger partial charge in [-0.1, -0.05) is 64.7 Å². The zero-order valence-corrected chi connectivity index (χ0v) is 18.8. The fourth-order valence-corrected chi connectivity index (χ4v) is 3.80. The summed E-state index contributed by atoms with van der Waals surface area (Å²) in [7, 11) is -0.862. The molecule has 0 radical (unpaired) electrons. The van der Waals surface area contributed by atoms with E-state index < -0.39 is 39.8 Å². The van der Waals surface area contributed by atoms with E-state index in [0.29, 0.717) is 6.42 Å². The second kappa shape index (κ2) is 13.6. The number of esters is 1. The van der Waals surface area contributed by atoms with Crippen LogP contribution in [0.25, 0.3) is 0 Å². The summed E-state index contributed by atoms with van der Waals surface area (Å²) in [5, 5.41) is 0. The first-order valence-corrected chi connectivity index (χ1v) is 11.4. The van der Waals surface area contributed by atoms with Crippen LogP contribution in [-0.4, -0.2) is 34.3 Å². The van der Waals surface area contributed by atoms with Crippen molar-refractivity contribution in [3.8, 4) is 0 Å². The monoisotopic (exact) mass is 429 g/mol. The SMILES string of the molecule is CCCCCCCCCCC[C@H](C(=O)OC)[C@H](N[S@@](=O)C(C)(C)C)C(F)(F)F. The van der Waals surface area contributed by atoms with E-state index in [1.807, 2.05) is 0 Å². The molecule has 1 N–H and O–H groups in total. The Morgan fingerprint density at radius 3 is 1.82 bits per heavy atom. The maximum atomic E-state index is 13.6. The summed E-state index contributed by atoms with van der Waals surface area (Å²) in [5.41, 5.74) is 0. The zero-order valence-electron chi connectivity index (χ0n) is 18.0. The first-order chi connectivity index (χ1) is 12.9. The summed E-state index contributed by atoms with van der Waals surface area (Å²) in [6, 6.07) is -2.19. The minimum atomic E-state index is -4.70. The van der Waals surface area contributed by atoms with Crippen molar-refractivity contribution in [3.63, 3.8) is 0 Å². The number of nitrogens with one attached hydrogen (secondary N) is 1. The van der Waals surface area contributed by atoms with Gasteiger partial charge in [0, 0.05) is 0 Å². The lowest BCUT2D eigenvalue weighted by atomic mass is 9.93. The van der Waals surface area contributed by atoms with Crippen molar-refractivity contribution in [2.24, 2.45) is 5.92 Å². The highest BCUT2D eigenvalue weighted by Crippen LogP contribution is 2.31. The van der Waals surface area contributed by atoms with Crippen molar-refractivity contribution in [3.05, 3.63) is 0 Å². The van der Waals surface area contributed by atoms with Gasteiger partial charge in [0.15, 0.2) is 0 Å². The van der Waals surface area contributed by atoms with Gasteiger partial charge in [0.05, 0.1) is 28.8 Å². The predicted octanol–water partition coefficient (Wildman–Crippen LogP) is 5.68. The average molecular weight is 430 g/mol. The number of ether oxygens (including phenoxy) is 1. The molecule has 0 amide bonds. The Hall–Kier alpha value is -0.630. The van der Waals surface area contributed by atoms with Crippen LogP contribution in [0.4, 0.5) is 13.2 Å². The molecule has 0 fully saturated rings. The first kappa shape index (κ1) is 27.4. The van der Waals surface area contributed by atoms with E-state index in [9.17, 15) is 22.2 Å². The van der Waals surface area contributed by atoms with E-state index in [0.717, 1.165) is 32.8 Å². The smallest absolute Gasteiger partial charge is 0.405 e. The van der Waals surface area contributed by atoms with E-state index >= 15 is 0 Å². The van der Waals surface area contributed by atoms with Crippen LogP contribution < -0.4 is 4.72 Å². The predicted molar refractivity (Wildman–Crippen MR) is 108 cm³/mol. The molecule has 0 saturated heterocycles. The van der Waals surface area contributed by atoms with Gasteiger partial charge in [-0.3, -0.25) is 4.79 Å². The van der Waals surface area contributed by atoms with Crippen LogP contribution in [0.3, 0.4) is 0 Å². The molecule has 28 heavy (non-hydrogen) atoms. The van der Waals surface area contributed by atoms with Crippen LogP contribution in [0, 0.1) is 5.92 Å². The highest BCUT2D eigenvalue weighted by molar-refractivity contribution is 7.84. The Morgan fingerprint density at radius 2 is 1.43 bits per heavy atom. The van der Waals surface area contributed by atoms with Crippen LogP contribution >= 0.6 is 0 Å². The minimum Gasteiger partial charge on any atom is -0.469 e. The van der Waals surface area contributed by atoms with Crippen LogP contribution in [-0.2, 0) is 20.5 Å². The fourth-order valence-electron chi connectivity index (χ4n) is 2.92. The molecule has 0 rings (SSSR count). The maximum absolute atomic E-state index is 13.6. The first-order valence-electron chi connectivity index (χ1n) is 10.3. The number of alkyl halides is 3. The molecular weight excluding hydrogens is 391 g/mol. The highest BCUT2D eigenvalue weighted by atomic mass is 32.2. The van der Waals surface area contributed by atoms with E-state index in [4.69, 9.17) is 0 Å². The lowest BCUT2D eigenvalue weighted by Crippen LogP contribution is -2.53. The summed E-state index contributed by atoms with van der Waals surface area (Å²) in [4.78, 5) is 12.0. The molecule has 0 aliphatic rings. The molecule has 0 spiro atoms. The van der Waals surface area contributed by atoms with Crippen molar-refractivity contribution >= 4 is 17.0 Å². The van der Waals surface area contributed by atoms with E-state index in [1.165, 1.54) is 25.7 Å². The average Bonchev–Trinajstić information content (AvgIpc) is 2.59. The minimum absolute atomic E-state index is 0.0566. The van der Waals surface area contributed by atoms with Gasteiger partial charge in [-0.15, -0.1) is 0 Å². The molecule has 8 heteroatoms. The number of unbranched alkanes of at least 4 members (excludes halogenated alkanes) is 8. The third-order valence-corrected chi connectivity index (χ3v) is 6.25. The standard InChI is InChI=1S/C20H38F3NO3S/c1-6-7-8-9-10-11-12-13-14-15-16(18(25)27-5)17(20(21,22)23)24-28(26)19(2,3)4/h16-17,24H,6-15H2,1-5H3/t16-,17-,28-/m0/s1. The lowest BCUT2D eigenvalue weighted by molar-refractivity contribution is -0.178. The Bertz CT molecular complexity index is 465. The molecule has 0 saturated carbocycles. The number of carbonyl (C=O) groups excluding carboxylic acids is 1. The highest BCUT2D eigenvalue weighted by Gasteiger charge is 2.49. The quantitative estimate of drug-likeness (QED) is 0.285. The van der Waals surface area contributed by atoms with Crippen molar-refractivity contribution < 1.29 is 26.9 Å². The van der Waals surface area contributed by atoms with Gasteiger partial charge in [0.1, 0.15) is 6.04 Å². The Morgan fingerprint density at radius 1 is 0.964 bits per heavy atom. The van der Waals surface area contributed by atoms with Crippen molar-refractivity contribution in [1.29, 1.82) is 0 Å². The van der Waals surface area contributed by atoms with Crippen LogP contribution in [0.1, 0.15) is 91.9 Å². The molecule has 0 bridgehead atoms. The van der Waals surface area contributed by atoms with Crippen molar-refractivity contribution in [2.75, 3.05) is 7.11 Å². The summed E-state index contributed by atoms with van der Waals surface area (Å²) < 4.78 is 58.8. The van der Waals surface area contributed by atoms with E-state index in [2.05, 4.69) is 16.4 Å². The van der Waals surface area contributed by atoms with E-state index in [1.54, 1.807) is 20.8 Å². The molecule has 4 nitrogen and oxygen atoms in total. The van der Waals surface area contributed by atoms with Gasteiger partial charge >= 0.3 is 12.1 Å². The van der Waals surface area contributed by atoms with Crippen molar-refractivity contribution in [2.45, 2.75) is 109 Å². The number of carbonyl (C=O) groups is 1. The molecule has 0 unspecified atom stereocenters. The molecule has 0 heterocycles. The Kier molecular flexibility index (Phi) is 13.3. The summed E-state index contributed by atoms with van der Waals surface area (Å²) >= 11 is 0. The number of hydrogen-bond acceptors (Lipinski definition) is 3. The number of methoxy groups -OCH3 is 1. The molecule has 0 aliphatic heterocycles. The van der Waals surface area contributed by atoms with Crippen LogP contribution in [0.15, 0.2) is 0 Å². The van der Waals surface area contributed by atoms with Crippen LogP contribution in [0.5, 0.6) is 0 Å². The van der Waals surface area contributed by atoms with Crippen LogP contribution in [0.2, 0.25) is 0 Å². The zero-order chi connectivity index (χ0) is 21.8. The number of rotatable bonds is 14. The molecule has 0 aromatic heterocycles. The van der Waals surface area contributed by atoms with Gasteiger partial charge in [-0.2, -0.15) is 13.2 Å². The second-order valence-electron chi connectivity index (χ2n) is 8.26. The third-order valence-electron chi connectivity index (χ3n) is 4.67. The molecule has 0 aliphatic carbocycles. The van der Waals surface area contributed by atoms with Gasteiger partial charge in [-0.05, 0) is 27.2 Å². The Labute approximate surface area is 171 Å². The maximum Gasteiger partial charge on any atom is 0.405 e. The van der Waals surface area contributed by atoms with Gasteiger partial charge < -0.3 is 4.74 Å². The fraction of sp³-hybridized carbons (Fsp3) is 0.950. The number of halogens is 3. The number of hydrogen-bond donors (Lipinski definition) is 1. The van der Waals surface area contributed by atoms with Crippen molar-refractivity contribution in [1.82, 2.24) is 4.72 Å². The lowest BCUT2D eigenvalue weighted by Gasteiger charge is -2.30. The largest absolute Gasteiger partial charge is 0.469 e. The second-order valence-corrected chi connectivity index (χ2v) is 10.3.